The van der Waals surface area contributed by atoms with E-state index in [9.17, 15) is 9.59 Å². The van der Waals surface area contributed by atoms with Crippen LogP contribution in [0.15, 0.2) is 47.6 Å². The van der Waals surface area contributed by atoms with Crippen LogP contribution >= 0.6 is 11.8 Å². The number of carbonyl (C=O) groups is 2. The summed E-state index contributed by atoms with van der Waals surface area (Å²) < 4.78 is 1.62. The van der Waals surface area contributed by atoms with Crippen molar-refractivity contribution in [2.45, 2.75) is 19.0 Å². The van der Waals surface area contributed by atoms with Crippen LogP contribution < -0.4 is 11.1 Å². The molecule has 1 heterocycles. The SMILES string of the molecule is Cc1ccc(-n2nnnc2SCC(=O)Nc2ccc(C(N)=O)cc2)c(C)c1. The lowest BCUT2D eigenvalue weighted by atomic mass is 10.1. The van der Waals surface area contributed by atoms with Crippen molar-refractivity contribution in [3.05, 3.63) is 59.2 Å². The molecule has 3 rings (SSSR count). The topological polar surface area (TPSA) is 116 Å². The van der Waals surface area contributed by atoms with E-state index in [-0.39, 0.29) is 11.7 Å². The van der Waals surface area contributed by atoms with Gasteiger partial charge in [0.2, 0.25) is 17.0 Å². The van der Waals surface area contributed by atoms with Gasteiger partial charge in [-0.3, -0.25) is 9.59 Å². The minimum atomic E-state index is -0.512. The van der Waals surface area contributed by atoms with Crippen LogP contribution in [-0.4, -0.2) is 37.8 Å². The van der Waals surface area contributed by atoms with E-state index < -0.39 is 5.91 Å². The largest absolute Gasteiger partial charge is 0.366 e. The molecule has 0 radical (unpaired) electrons. The summed E-state index contributed by atoms with van der Waals surface area (Å²) in [6.45, 7) is 4.01. The number of rotatable bonds is 6. The number of amides is 2. The van der Waals surface area contributed by atoms with Crippen molar-refractivity contribution < 1.29 is 9.59 Å². The maximum Gasteiger partial charge on any atom is 0.248 e. The molecule has 2 amide bonds. The highest BCUT2D eigenvalue weighted by atomic mass is 32.2. The van der Waals surface area contributed by atoms with Crippen molar-refractivity contribution in [3.63, 3.8) is 0 Å². The second kappa shape index (κ2) is 8.00. The van der Waals surface area contributed by atoms with E-state index in [2.05, 4.69) is 20.8 Å². The number of nitrogens with one attached hydrogen (secondary N) is 1. The molecule has 0 saturated heterocycles. The van der Waals surface area contributed by atoms with E-state index in [1.54, 1.807) is 28.9 Å². The first-order valence-corrected chi connectivity index (χ1v) is 9.11. The lowest BCUT2D eigenvalue weighted by Crippen LogP contribution is -2.15. The number of nitrogens with zero attached hydrogens (tertiary/aromatic N) is 4. The van der Waals surface area contributed by atoms with E-state index in [0.29, 0.717) is 16.4 Å². The highest BCUT2D eigenvalue weighted by Crippen LogP contribution is 2.21. The van der Waals surface area contributed by atoms with Crippen molar-refractivity contribution in [2.24, 2.45) is 5.73 Å². The molecule has 3 aromatic rings. The second-order valence-corrected chi connectivity index (χ2v) is 6.88. The molecular formula is C18H18N6O2S. The van der Waals surface area contributed by atoms with Crippen LogP contribution in [0.2, 0.25) is 0 Å². The molecule has 0 spiro atoms. The minimum absolute atomic E-state index is 0.142. The Morgan fingerprint density at radius 3 is 2.56 bits per heavy atom. The van der Waals surface area contributed by atoms with Gasteiger partial charge in [0, 0.05) is 11.3 Å². The normalized spacial score (nSPS) is 10.6. The molecule has 0 aliphatic rings. The van der Waals surface area contributed by atoms with Crippen molar-refractivity contribution in [1.29, 1.82) is 0 Å². The quantitative estimate of drug-likeness (QED) is 0.631. The highest BCUT2D eigenvalue weighted by Gasteiger charge is 2.13. The van der Waals surface area contributed by atoms with Gasteiger partial charge in [-0.1, -0.05) is 29.5 Å². The van der Waals surface area contributed by atoms with Gasteiger partial charge in [0.05, 0.1) is 11.4 Å². The predicted octanol–water partition coefficient (Wildman–Crippen LogP) is 2.11. The molecule has 8 nitrogen and oxygen atoms in total. The molecule has 1 aromatic heterocycles. The summed E-state index contributed by atoms with van der Waals surface area (Å²) >= 11 is 1.24. The molecule has 0 aliphatic heterocycles. The van der Waals surface area contributed by atoms with E-state index in [0.717, 1.165) is 16.8 Å². The first-order chi connectivity index (χ1) is 12.9. The standard InChI is InChI=1S/C18H18N6O2S/c1-11-3-8-15(12(2)9-11)24-18(21-22-23-24)27-10-16(25)20-14-6-4-13(5-7-14)17(19)26/h3-9H,10H2,1-2H3,(H2,19,26)(H,20,25). The molecule has 0 aliphatic carbocycles. The number of hydrogen-bond donors (Lipinski definition) is 2. The fourth-order valence-corrected chi connectivity index (χ4v) is 3.19. The smallest absolute Gasteiger partial charge is 0.248 e. The summed E-state index contributed by atoms with van der Waals surface area (Å²) in [7, 11) is 0. The predicted molar refractivity (Wildman–Crippen MR) is 103 cm³/mol. The zero-order chi connectivity index (χ0) is 19.4. The summed E-state index contributed by atoms with van der Waals surface area (Å²) in [5.41, 5.74) is 9.23. The number of anilines is 1. The zero-order valence-electron chi connectivity index (χ0n) is 14.8. The van der Waals surface area contributed by atoms with Gasteiger partial charge in [-0.05, 0) is 60.2 Å². The Kier molecular flexibility index (Phi) is 5.51. The van der Waals surface area contributed by atoms with Crippen LogP contribution in [0.25, 0.3) is 5.69 Å². The van der Waals surface area contributed by atoms with Crippen LogP contribution in [0.1, 0.15) is 21.5 Å². The Bertz CT molecular complexity index is 984. The molecular weight excluding hydrogens is 364 g/mol. The first kappa shape index (κ1) is 18.6. The molecule has 0 atom stereocenters. The maximum atomic E-state index is 12.2. The Morgan fingerprint density at radius 2 is 1.89 bits per heavy atom. The summed E-state index contributed by atoms with van der Waals surface area (Å²) in [5.74, 6) is -0.577. The molecule has 0 unspecified atom stereocenters. The molecule has 138 valence electrons. The van der Waals surface area contributed by atoms with Gasteiger partial charge in [0.15, 0.2) is 0 Å². The van der Waals surface area contributed by atoms with Crippen molar-refractivity contribution in [3.8, 4) is 5.69 Å². The van der Waals surface area contributed by atoms with E-state index in [1.807, 2.05) is 32.0 Å². The number of carbonyl (C=O) groups excluding carboxylic acids is 2. The number of primary amides is 1. The Balaban J connectivity index is 1.64. The average molecular weight is 382 g/mol. The van der Waals surface area contributed by atoms with Gasteiger partial charge in [-0.25, -0.2) is 0 Å². The van der Waals surface area contributed by atoms with E-state index >= 15 is 0 Å². The van der Waals surface area contributed by atoms with Crippen molar-refractivity contribution in [1.82, 2.24) is 20.2 Å². The number of tetrazole rings is 1. The fourth-order valence-electron chi connectivity index (χ4n) is 2.51. The van der Waals surface area contributed by atoms with Crippen LogP contribution in [0.4, 0.5) is 5.69 Å². The van der Waals surface area contributed by atoms with Gasteiger partial charge in [-0.2, -0.15) is 4.68 Å². The number of thioether (sulfide) groups is 1. The van der Waals surface area contributed by atoms with Gasteiger partial charge in [0.1, 0.15) is 0 Å². The summed E-state index contributed by atoms with van der Waals surface area (Å²) in [6, 6.07) is 12.4. The van der Waals surface area contributed by atoms with Gasteiger partial charge < -0.3 is 11.1 Å². The molecule has 3 N–H and O–H groups in total. The van der Waals surface area contributed by atoms with Crippen LogP contribution in [0.3, 0.4) is 0 Å². The maximum absolute atomic E-state index is 12.2. The number of aryl methyl sites for hydroxylation is 2. The number of hydrogen-bond acceptors (Lipinski definition) is 6. The number of nitrogens with two attached hydrogens (primary N) is 1. The summed E-state index contributed by atoms with van der Waals surface area (Å²) in [4.78, 5) is 23.3. The van der Waals surface area contributed by atoms with Gasteiger partial charge in [0.25, 0.3) is 0 Å². The number of aromatic nitrogens is 4. The van der Waals surface area contributed by atoms with Crippen LogP contribution in [-0.2, 0) is 4.79 Å². The second-order valence-electron chi connectivity index (χ2n) is 5.94. The monoisotopic (exact) mass is 382 g/mol. The molecule has 9 heteroatoms. The Hall–Kier alpha value is -3.20. The minimum Gasteiger partial charge on any atom is -0.366 e. The summed E-state index contributed by atoms with van der Waals surface area (Å²) in [5, 5.41) is 15.0. The summed E-state index contributed by atoms with van der Waals surface area (Å²) in [6.07, 6.45) is 0. The Morgan fingerprint density at radius 1 is 1.15 bits per heavy atom. The zero-order valence-corrected chi connectivity index (χ0v) is 15.7. The third-order valence-electron chi connectivity index (χ3n) is 3.81. The molecule has 2 aromatic carbocycles. The lowest BCUT2D eigenvalue weighted by Gasteiger charge is -2.08. The number of benzene rings is 2. The molecule has 27 heavy (non-hydrogen) atoms. The van der Waals surface area contributed by atoms with Gasteiger partial charge >= 0.3 is 0 Å². The third kappa shape index (κ3) is 4.50. The van der Waals surface area contributed by atoms with Crippen LogP contribution in [0.5, 0.6) is 0 Å². The average Bonchev–Trinajstić information content (AvgIpc) is 3.09. The lowest BCUT2D eigenvalue weighted by molar-refractivity contribution is -0.113. The van der Waals surface area contributed by atoms with Crippen LogP contribution in [0, 0.1) is 13.8 Å². The van der Waals surface area contributed by atoms with Crippen molar-refractivity contribution >= 4 is 29.3 Å². The van der Waals surface area contributed by atoms with E-state index in [1.165, 1.54) is 11.8 Å². The molecule has 0 fully saturated rings. The Labute approximate surface area is 160 Å². The van der Waals surface area contributed by atoms with Gasteiger partial charge in [-0.15, -0.1) is 5.10 Å². The molecule has 0 saturated carbocycles. The first-order valence-electron chi connectivity index (χ1n) is 8.12. The van der Waals surface area contributed by atoms with E-state index in [4.69, 9.17) is 5.73 Å². The fraction of sp³-hybridized carbons (Fsp3) is 0.167. The van der Waals surface area contributed by atoms with Crippen molar-refractivity contribution in [2.75, 3.05) is 11.1 Å². The highest BCUT2D eigenvalue weighted by molar-refractivity contribution is 7.99. The third-order valence-corrected chi connectivity index (χ3v) is 4.73. The molecule has 0 bridgehead atoms.